The Morgan fingerprint density at radius 2 is 1.89 bits per heavy atom. The lowest BCUT2D eigenvalue weighted by Gasteiger charge is -2.12. The predicted octanol–water partition coefficient (Wildman–Crippen LogP) is 4.87. The van der Waals surface area contributed by atoms with E-state index in [0.717, 1.165) is 23.2 Å². The summed E-state index contributed by atoms with van der Waals surface area (Å²) in [5.74, 6) is 1.03. The Labute approximate surface area is 123 Å². The molecule has 1 atom stereocenters. The minimum atomic E-state index is 0.223. The summed E-state index contributed by atoms with van der Waals surface area (Å²) in [6, 6.07) is 14.8. The van der Waals surface area contributed by atoms with Gasteiger partial charge in [-0.2, -0.15) is 0 Å². The molecule has 0 saturated heterocycles. The van der Waals surface area contributed by atoms with Crippen molar-refractivity contribution in [1.82, 2.24) is 0 Å². The average Bonchev–Trinajstić information content (AvgIpc) is 2.85. The molecule has 0 N–H and O–H groups in total. The highest BCUT2D eigenvalue weighted by molar-refractivity contribution is 9.10. The molecule has 0 aromatic heterocycles. The second-order valence-electron chi connectivity index (χ2n) is 4.38. The number of hydrogen-bond acceptors (Lipinski definition) is 1. The Morgan fingerprint density at radius 1 is 1.06 bits per heavy atom. The first-order chi connectivity index (χ1) is 8.74. The number of fused-ring (bicyclic) bond motifs is 1. The highest BCUT2D eigenvalue weighted by Crippen LogP contribution is 2.35. The fourth-order valence-electron chi connectivity index (χ4n) is 2.22. The van der Waals surface area contributed by atoms with E-state index in [1.807, 2.05) is 6.07 Å². The molecule has 1 heterocycles. The van der Waals surface area contributed by atoms with Gasteiger partial charge in [-0.15, -0.1) is 0 Å². The highest BCUT2D eigenvalue weighted by atomic mass is 79.9. The van der Waals surface area contributed by atoms with Crippen LogP contribution >= 0.6 is 31.9 Å². The number of rotatable bonds is 2. The fraction of sp³-hybridized carbons (Fsp3) is 0.200. The van der Waals surface area contributed by atoms with Crippen LogP contribution in [0.15, 0.2) is 46.9 Å². The summed E-state index contributed by atoms with van der Waals surface area (Å²) >= 11 is 7.29. The van der Waals surface area contributed by atoms with Crippen molar-refractivity contribution in [2.24, 2.45) is 0 Å². The SMILES string of the molecule is Brc1cccc(C(Br)c2ccc3c(c2)CCO3)c1. The number of halogens is 2. The van der Waals surface area contributed by atoms with Gasteiger partial charge >= 0.3 is 0 Å². The zero-order valence-electron chi connectivity index (χ0n) is 9.70. The molecule has 1 unspecified atom stereocenters. The summed E-state index contributed by atoms with van der Waals surface area (Å²) < 4.78 is 6.64. The molecule has 18 heavy (non-hydrogen) atoms. The van der Waals surface area contributed by atoms with Crippen molar-refractivity contribution in [3.63, 3.8) is 0 Å². The largest absolute Gasteiger partial charge is 0.493 e. The number of alkyl halides is 1. The van der Waals surface area contributed by atoms with Gasteiger partial charge in [0.25, 0.3) is 0 Å². The van der Waals surface area contributed by atoms with Gasteiger partial charge in [0.05, 0.1) is 11.4 Å². The molecule has 0 saturated carbocycles. The summed E-state index contributed by atoms with van der Waals surface area (Å²) in [6.45, 7) is 0.808. The molecule has 0 aliphatic carbocycles. The van der Waals surface area contributed by atoms with Gasteiger partial charge in [0, 0.05) is 10.9 Å². The van der Waals surface area contributed by atoms with Crippen molar-refractivity contribution in [2.75, 3.05) is 6.61 Å². The highest BCUT2D eigenvalue weighted by Gasteiger charge is 2.16. The first-order valence-corrected chi connectivity index (χ1v) is 7.60. The fourth-order valence-corrected chi connectivity index (χ4v) is 3.21. The van der Waals surface area contributed by atoms with Crippen molar-refractivity contribution in [3.05, 3.63) is 63.6 Å². The molecule has 1 aliphatic heterocycles. The lowest BCUT2D eigenvalue weighted by Crippen LogP contribution is -1.93. The number of ether oxygens (including phenoxy) is 1. The summed E-state index contributed by atoms with van der Waals surface area (Å²) in [4.78, 5) is 0.223. The Morgan fingerprint density at radius 3 is 2.72 bits per heavy atom. The number of benzene rings is 2. The van der Waals surface area contributed by atoms with Gasteiger partial charge in [-0.25, -0.2) is 0 Å². The molecule has 92 valence electrons. The van der Waals surface area contributed by atoms with Crippen molar-refractivity contribution < 1.29 is 4.74 Å². The Kier molecular flexibility index (Phi) is 3.44. The van der Waals surface area contributed by atoms with E-state index in [4.69, 9.17) is 4.74 Å². The zero-order valence-corrected chi connectivity index (χ0v) is 12.9. The second kappa shape index (κ2) is 5.06. The maximum atomic E-state index is 5.54. The van der Waals surface area contributed by atoms with E-state index in [2.05, 4.69) is 68.3 Å². The van der Waals surface area contributed by atoms with Gasteiger partial charge in [-0.1, -0.05) is 56.1 Å². The van der Waals surface area contributed by atoms with Gasteiger partial charge in [0.15, 0.2) is 0 Å². The summed E-state index contributed by atoms with van der Waals surface area (Å²) in [5.41, 5.74) is 3.84. The van der Waals surface area contributed by atoms with Gasteiger partial charge < -0.3 is 4.74 Å². The Hall–Kier alpha value is -0.800. The van der Waals surface area contributed by atoms with Gasteiger partial charge in [0.1, 0.15) is 5.75 Å². The lowest BCUT2D eigenvalue weighted by atomic mass is 10.0. The Bertz CT molecular complexity index is 580. The van der Waals surface area contributed by atoms with Crippen LogP contribution in [-0.2, 0) is 6.42 Å². The van der Waals surface area contributed by atoms with Crippen LogP contribution in [0.2, 0.25) is 0 Å². The molecular formula is C15H12Br2O. The smallest absolute Gasteiger partial charge is 0.122 e. The van der Waals surface area contributed by atoms with E-state index < -0.39 is 0 Å². The molecular weight excluding hydrogens is 356 g/mol. The maximum Gasteiger partial charge on any atom is 0.122 e. The third kappa shape index (κ3) is 2.34. The van der Waals surface area contributed by atoms with Crippen molar-refractivity contribution >= 4 is 31.9 Å². The summed E-state index contributed by atoms with van der Waals surface area (Å²) in [6.07, 6.45) is 1.02. The Balaban J connectivity index is 1.95. The standard InChI is InChI=1S/C15H12Br2O/c16-13-3-1-2-11(9-13)15(17)12-4-5-14-10(8-12)6-7-18-14/h1-5,8-9,15H,6-7H2. The van der Waals surface area contributed by atoms with Crippen LogP contribution < -0.4 is 4.74 Å². The maximum absolute atomic E-state index is 5.54. The van der Waals surface area contributed by atoms with Gasteiger partial charge in [0.2, 0.25) is 0 Å². The topological polar surface area (TPSA) is 9.23 Å². The van der Waals surface area contributed by atoms with Crippen LogP contribution in [0, 0.1) is 0 Å². The molecule has 0 radical (unpaired) electrons. The van der Waals surface area contributed by atoms with E-state index in [1.165, 1.54) is 16.7 Å². The van der Waals surface area contributed by atoms with Crippen LogP contribution in [0.5, 0.6) is 5.75 Å². The van der Waals surface area contributed by atoms with Gasteiger partial charge in [-0.05, 0) is 34.9 Å². The molecule has 2 aromatic carbocycles. The van der Waals surface area contributed by atoms with E-state index >= 15 is 0 Å². The average molecular weight is 368 g/mol. The normalized spacial score (nSPS) is 15.0. The van der Waals surface area contributed by atoms with Crippen molar-refractivity contribution in [1.29, 1.82) is 0 Å². The zero-order chi connectivity index (χ0) is 12.5. The van der Waals surface area contributed by atoms with Crippen molar-refractivity contribution in [3.8, 4) is 5.75 Å². The van der Waals surface area contributed by atoms with E-state index in [1.54, 1.807) is 0 Å². The minimum absolute atomic E-state index is 0.223. The van der Waals surface area contributed by atoms with Crippen LogP contribution in [0.4, 0.5) is 0 Å². The third-order valence-corrected chi connectivity index (χ3v) is 4.70. The van der Waals surface area contributed by atoms with Crippen molar-refractivity contribution in [2.45, 2.75) is 11.2 Å². The van der Waals surface area contributed by atoms with Crippen LogP contribution in [0.3, 0.4) is 0 Å². The summed E-state index contributed by atoms with van der Waals surface area (Å²) in [7, 11) is 0. The third-order valence-electron chi connectivity index (χ3n) is 3.15. The lowest BCUT2D eigenvalue weighted by molar-refractivity contribution is 0.357. The molecule has 0 amide bonds. The number of hydrogen-bond donors (Lipinski definition) is 0. The quantitative estimate of drug-likeness (QED) is 0.688. The predicted molar refractivity (Wildman–Crippen MR) is 80.6 cm³/mol. The molecule has 3 heteroatoms. The second-order valence-corrected chi connectivity index (χ2v) is 6.21. The molecule has 1 nitrogen and oxygen atoms in total. The molecule has 2 aromatic rings. The molecule has 0 fully saturated rings. The first-order valence-electron chi connectivity index (χ1n) is 5.89. The van der Waals surface area contributed by atoms with Gasteiger partial charge in [-0.3, -0.25) is 0 Å². The molecule has 3 rings (SSSR count). The van der Waals surface area contributed by atoms with Crippen LogP contribution in [0.25, 0.3) is 0 Å². The minimum Gasteiger partial charge on any atom is -0.493 e. The summed E-state index contributed by atoms with van der Waals surface area (Å²) in [5, 5.41) is 0. The van der Waals surface area contributed by atoms with E-state index in [9.17, 15) is 0 Å². The molecule has 0 spiro atoms. The van der Waals surface area contributed by atoms with E-state index in [-0.39, 0.29) is 4.83 Å². The molecule has 1 aliphatic rings. The van der Waals surface area contributed by atoms with Crippen LogP contribution in [-0.4, -0.2) is 6.61 Å². The van der Waals surface area contributed by atoms with E-state index in [0.29, 0.717) is 0 Å². The monoisotopic (exact) mass is 366 g/mol. The first kappa shape index (κ1) is 12.2. The molecule has 0 bridgehead atoms. The van der Waals surface area contributed by atoms with Crippen LogP contribution in [0.1, 0.15) is 21.5 Å².